The van der Waals surface area contributed by atoms with Gasteiger partial charge in [0.25, 0.3) is 0 Å². The van der Waals surface area contributed by atoms with Crippen LogP contribution in [0.25, 0.3) is 0 Å². The molecule has 1 heterocycles. The molecule has 24 heavy (non-hydrogen) atoms. The molecule has 3 rings (SSSR count). The van der Waals surface area contributed by atoms with Crippen LogP contribution in [-0.4, -0.2) is 44.8 Å². The van der Waals surface area contributed by atoms with Gasteiger partial charge in [-0.15, -0.1) is 0 Å². The fraction of sp³-hybridized carbons (Fsp3) is 0.700. The van der Waals surface area contributed by atoms with E-state index >= 15 is 0 Å². The fourth-order valence-electron chi connectivity index (χ4n) is 4.33. The molecule has 4 nitrogen and oxygen atoms in total. The SMILES string of the molecule is COc1ccc(C2(CN)CCCCC2)cc1OC1CCCN(C)C1. The van der Waals surface area contributed by atoms with Crippen molar-refractivity contribution in [1.29, 1.82) is 0 Å². The zero-order valence-corrected chi connectivity index (χ0v) is 15.2. The van der Waals surface area contributed by atoms with Gasteiger partial charge in [0.2, 0.25) is 0 Å². The van der Waals surface area contributed by atoms with Crippen LogP contribution in [0.15, 0.2) is 18.2 Å². The molecule has 0 spiro atoms. The number of rotatable bonds is 5. The Kier molecular flexibility index (Phi) is 5.67. The van der Waals surface area contributed by atoms with Crippen molar-refractivity contribution in [2.45, 2.75) is 56.5 Å². The van der Waals surface area contributed by atoms with Crippen molar-refractivity contribution in [3.05, 3.63) is 23.8 Å². The Labute approximate surface area is 146 Å². The van der Waals surface area contributed by atoms with Crippen LogP contribution in [0, 0.1) is 0 Å². The Bertz CT molecular complexity index is 540. The van der Waals surface area contributed by atoms with E-state index < -0.39 is 0 Å². The van der Waals surface area contributed by atoms with Gasteiger partial charge in [-0.2, -0.15) is 0 Å². The van der Waals surface area contributed by atoms with Gasteiger partial charge in [0.15, 0.2) is 11.5 Å². The van der Waals surface area contributed by atoms with Crippen molar-refractivity contribution >= 4 is 0 Å². The van der Waals surface area contributed by atoms with Gasteiger partial charge in [0.1, 0.15) is 6.10 Å². The molecule has 1 unspecified atom stereocenters. The molecule has 0 aromatic heterocycles. The topological polar surface area (TPSA) is 47.7 Å². The van der Waals surface area contributed by atoms with E-state index in [4.69, 9.17) is 15.2 Å². The van der Waals surface area contributed by atoms with Gasteiger partial charge in [0.05, 0.1) is 7.11 Å². The summed E-state index contributed by atoms with van der Waals surface area (Å²) in [6.45, 7) is 2.85. The number of piperidine rings is 1. The first kappa shape index (κ1) is 17.6. The summed E-state index contributed by atoms with van der Waals surface area (Å²) in [6.07, 6.45) is 8.78. The van der Waals surface area contributed by atoms with Gasteiger partial charge in [-0.3, -0.25) is 0 Å². The van der Waals surface area contributed by atoms with Crippen LogP contribution in [0.4, 0.5) is 0 Å². The lowest BCUT2D eigenvalue weighted by atomic mass is 9.69. The van der Waals surface area contributed by atoms with Crippen LogP contribution in [0.1, 0.15) is 50.5 Å². The minimum atomic E-state index is 0.117. The number of hydrogen-bond acceptors (Lipinski definition) is 4. The van der Waals surface area contributed by atoms with Crippen LogP contribution >= 0.6 is 0 Å². The minimum absolute atomic E-state index is 0.117. The predicted octanol–water partition coefficient (Wildman–Crippen LogP) is 3.33. The van der Waals surface area contributed by atoms with Crippen LogP contribution in [0.3, 0.4) is 0 Å². The summed E-state index contributed by atoms with van der Waals surface area (Å²) in [7, 11) is 3.88. The third-order valence-electron chi connectivity index (χ3n) is 5.85. The fourth-order valence-corrected chi connectivity index (χ4v) is 4.33. The highest BCUT2D eigenvalue weighted by Crippen LogP contribution is 2.42. The second kappa shape index (κ2) is 7.75. The molecule has 2 N–H and O–H groups in total. The van der Waals surface area contributed by atoms with E-state index in [1.807, 2.05) is 0 Å². The summed E-state index contributed by atoms with van der Waals surface area (Å²) in [5.41, 5.74) is 7.66. The normalized spacial score (nSPS) is 24.5. The summed E-state index contributed by atoms with van der Waals surface area (Å²) >= 11 is 0. The van der Waals surface area contributed by atoms with E-state index in [0.717, 1.165) is 31.0 Å². The lowest BCUT2D eigenvalue weighted by Crippen LogP contribution is -2.39. The van der Waals surface area contributed by atoms with Crippen molar-refractivity contribution in [1.82, 2.24) is 4.90 Å². The molecule has 0 amide bonds. The number of nitrogens with zero attached hydrogens (tertiary/aromatic N) is 1. The first-order valence-electron chi connectivity index (χ1n) is 9.41. The Morgan fingerprint density at radius 3 is 2.62 bits per heavy atom. The van der Waals surface area contributed by atoms with E-state index in [1.165, 1.54) is 44.1 Å². The Hall–Kier alpha value is -1.26. The van der Waals surface area contributed by atoms with Crippen LogP contribution in [-0.2, 0) is 5.41 Å². The van der Waals surface area contributed by atoms with Crippen molar-refractivity contribution < 1.29 is 9.47 Å². The Morgan fingerprint density at radius 1 is 1.17 bits per heavy atom. The molecule has 1 aliphatic heterocycles. The van der Waals surface area contributed by atoms with Gasteiger partial charge in [-0.1, -0.05) is 25.3 Å². The molecule has 1 aliphatic carbocycles. The smallest absolute Gasteiger partial charge is 0.161 e. The summed E-state index contributed by atoms with van der Waals surface area (Å²) in [4.78, 5) is 2.34. The number of likely N-dealkylation sites (N-methyl/N-ethyl adjacent to an activating group) is 1. The third kappa shape index (κ3) is 3.70. The van der Waals surface area contributed by atoms with E-state index in [1.54, 1.807) is 7.11 Å². The molecule has 1 aromatic rings. The lowest BCUT2D eigenvalue weighted by molar-refractivity contribution is 0.101. The second-order valence-corrected chi connectivity index (χ2v) is 7.56. The molecule has 134 valence electrons. The summed E-state index contributed by atoms with van der Waals surface area (Å²) in [6, 6.07) is 6.45. The predicted molar refractivity (Wildman–Crippen MR) is 98.0 cm³/mol. The van der Waals surface area contributed by atoms with Gasteiger partial charge < -0.3 is 20.1 Å². The molecular formula is C20H32N2O2. The molecule has 0 radical (unpaired) electrons. The Morgan fingerprint density at radius 2 is 1.96 bits per heavy atom. The largest absolute Gasteiger partial charge is 0.493 e. The molecule has 1 saturated heterocycles. The molecule has 1 atom stereocenters. The summed E-state index contributed by atoms with van der Waals surface area (Å²) in [5, 5.41) is 0. The maximum atomic E-state index is 6.36. The molecule has 4 heteroatoms. The number of nitrogens with two attached hydrogens (primary N) is 1. The number of methoxy groups -OCH3 is 1. The highest BCUT2D eigenvalue weighted by Gasteiger charge is 2.33. The molecule has 2 fully saturated rings. The quantitative estimate of drug-likeness (QED) is 0.898. The number of ether oxygens (including phenoxy) is 2. The average Bonchev–Trinajstić information content (AvgIpc) is 2.62. The highest BCUT2D eigenvalue weighted by molar-refractivity contribution is 5.46. The molecule has 0 bridgehead atoms. The second-order valence-electron chi connectivity index (χ2n) is 7.56. The maximum absolute atomic E-state index is 6.36. The van der Waals surface area contributed by atoms with Gasteiger partial charge in [-0.05, 0) is 57.0 Å². The third-order valence-corrected chi connectivity index (χ3v) is 5.85. The van der Waals surface area contributed by atoms with Crippen molar-refractivity contribution in [3.8, 4) is 11.5 Å². The van der Waals surface area contributed by atoms with Crippen molar-refractivity contribution in [2.75, 3.05) is 33.8 Å². The molecule has 1 saturated carbocycles. The number of likely N-dealkylation sites (tertiary alicyclic amines) is 1. The average molecular weight is 332 g/mol. The zero-order chi connectivity index (χ0) is 17.0. The number of hydrogen-bond donors (Lipinski definition) is 1. The van der Waals surface area contributed by atoms with Crippen molar-refractivity contribution in [2.24, 2.45) is 5.73 Å². The molecule has 2 aliphatic rings. The number of benzene rings is 1. The highest BCUT2D eigenvalue weighted by atomic mass is 16.5. The monoisotopic (exact) mass is 332 g/mol. The van der Waals surface area contributed by atoms with E-state index in [2.05, 4.69) is 30.1 Å². The summed E-state index contributed by atoms with van der Waals surface area (Å²) < 4.78 is 11.9. The Balaban J connectivity index is 1.84. The first-order valence-corrected chi connectivity index (χ1v) is 9.41. The van der Waals surface area contributed by atoms with E-state index in [-0.39, 0.29) is 11.5 Å². The standard InChI is InChI=1S/C20H32N2O2/c1-22-12-6-7-17(14-22)24-19-13-16(8-9-18(19)23-2)20(15-21)10-4-3-5-11-20/h8-9,13,17H,3-7,10-12,14-15,21H2,1-2H3. The van der Waals surface area contributed by atoms with Gasteiger partial charge in [-0.25, -0.2) is 0 Å². The molecule has 1 aromatic carbocycles. The van der Waals surface area contributed by atoms with Crippen LogP contribution in [0.5, 0.6) is 11.5 Å². The van der Waals surface area contributed by atoms with Crippen LogP contribution < -0.4 is 15.2 Å². The summed E-state index contributed by atoms with van der Waals surface area (Å²) in [5.74, 6) is 1.71. The van der Waals surface area contributed by atoms with Crippen LogP contribution in [0.2, 0.25) is 0 Å². The van der Waals surface area contributed by atoms with Gasteiger partial charge in [0, 0.05) is 18.5 Å². The zero-order valence-electron chi connectivity index (χ0n) is 15.2. The van der Waals surface area contributed by atoms with E-state index in [9.17, 15) is 0 Å². The lowest BCUT2D eigenvalue weighted by Gasteiger charge is -2.37. The van der Waals surface area contributed by atoms with E-state index in [0.29, 0.717) is 6.54 Å². The van der Waals surface area contributed by atoms with Crippen molar-refractivity contribution in [3.63, 3.8) is 0 Å². The first-order chi connectivity index (χ1) is 11.7. The minimum Gasteiger partial charge on any atom is -0.493 e. The maximum Gasteiger partial charge on any atom is 0.161 e. The van der Waals surface area contributed by atoms with Gasteiger partial charge >= 0.3 is 0 Å². The molecular weight excluding hydrogens is 300 g/mol.